The van der Waals surface area contributed by atoms with Crippen molar-refractivity contribution in [3.63, 3.8) is 0 Å². The predicted octanol–water partition coefficient (Wildman–Crippen LogP) is 3.64. The Kier molecular flexibility index (Phi) is 6.81. The Morgan fingerprint density at radius 2 is 1.58 bits per heavy atom. The van der Waals surface area contributed by atoms with Crippen molar-refractivity contribution >= 4 is 39.1 Å². The SMILES string of the molecule is CCCNC(=O)c1ccc(NCC(=O)Nc2ccc(Br)cc2)cc1. The number of carbonyl (C=O) groups excluding carboxylic acids is 2. The van der Waals surface area contributed by atoms with Crippen LogP contribution < -0.4 is 16.0 Å². The molecule has 0 aliphatic heterocycles. The van der Waals surface area contributed by atoms with E-state index in [4.69, 9.17) is 0 Å². The molecule has 0 atom stereocenters. The van der Waals surface area contributed by atoms with Gasteiger partial charge in [-0.1, -0.05) is 22.9 Å². The van der Waals surface area contributed by atoms with E-state index < -0.39 is 0 Å². The Bertz CT molecular complexity index is 684. The number of amides is 2. The lowest BCUT2D eigenvalue weighted by atomic mass is 10.2. The minimum absolute atomic E-state index is 0.0867. The largest absolute Gasteiger partial charge is 0.376 e. The van der Waals surface area contributed by atoms with Crippen molar-refractivity contribution in [2.45, 2.75) is 13.3 Å². The first-order valence-corrected chi connectivity index (χ1v) is 8.55. The maximum Gasteiger partial charge on any atom is 0.251 e. The van der Waals surface area contributed by atoms with E-state index in [9.17, 15) is 9.59 Å². The molecule has 0 aromatic heterocycles. The summed E-state index contributed by atoms with van der Waals surface area (Å²) >= 11 is 3.35. The minimum Gasteiger partial charge on any atom is -0.376 e. The highest BCUT2D eigenvalue weighted by Crippen LogP contribution is 2.14. The summed E-state index contributed by atoms with van der Waals surface area (Å²) in [5, 5.41) is 8.66. The van der Waals surface area contributed by atoms with Crippen molar-refractivity contribution in [1.82, 2.24) is 5.32 Å². The molecule has 2 aromatic rings. The summed E-state index contributed by atoms with van der Waals surface area (Å²) in [6.45, 7) is 2.82. The van der Waals surface area contributed by atoms with Gasteiger partial charge in [-0.15, -0.1) is 0 Å². The van der Waals surface area contributed by atoms with Gasteiger partial charge in [0.2, 0.25) is 5.91 Å². The predicted molar refractivity (Wildman–Crippen MR) is 100 cm³/mol. The van der Waals surface area contributed by atoms with E-state index in [2.05, 4.69) is 31.9 Å². The Hall–Kier alpha value is -2.34. The molecule has 0 bridgehead atoms. The third-order valence-electron chi connectivity index (χ3n) is 3.26. The molecule has 0 unspecified atom stereocenters. The first-order valence-electron chi connectivity index (χ1n) is 7.76. The summed E-state index contributed by atoms with van der Waals surface area (Å²) in [5.74, 6) is -0.224. The lowest BCUT2D eigenvalue weighted by Gasteiger charge is -2.09. The van der Waals surface area contributed by atoms with E-state index in [1.54, 1.807) is 24.3 Å². The van der Waals surface area contributed by atoms with Gasteiger partial charge in [-0.2, -0.15) is 0 Å². The monoisotopic (exact) mass is 389 g/mol. The first-order chi connectivity index (χ1) is 11.6. The maximum absolute atomic E-state index is 11.9. The van der Waals surface area contributed by atoms with Gasteiger partial charge in [0.1, 0.15) is 0 Å². The Morgan fingerprint density at radius 3 is 2.21 bits per heavy atom. The Labute approximate surface area is 150 Å². The van der Waals surface area contributed by atoms with E-state index >= 15 is 0 Å². The summed E-state index contributed by atoms with van der Waals surface area (Å²) in [4.78, 5) is 23.7. The molecule has 0 saturated carbocycles. The van der Waals surface area contributed by atoms with E-state index in [1.165, 1.54) is 0 Å². The summed E-state index contributed by atoms with van der Waals surface area (Å²) in [5.41, 5.74) is 2.13. The molecule has 0 saturated heterocycles. The highest BCUT2D eigenvalue weighted by molar-refractivity contribution is 9.10. The van der Waals surface area contributed by atoms with Crippen LogP contribution in [0.25, 0.3) is 0 Å². The van der Waals surface area contributed by atoms with Crippen molar-refractivity contribution in [2.75, 3.05) is 23.7 Å². The molecule has 5 nitrogen and oxygen atoms in total. The number of halogens is 1. The van der Waals surface area contributed by atoms with Crippen molar-refractivity contribution in [3.05, 3.63) is 58.6 Å². The number of hydrogen-bond acceptors (Lipinski definition) is 3. The summed E-state index contributed by atoms with van der Waals surface area (Å²) in [7, 11) is 0. The molecule has 2 rings (SSSR count). The molecular formula is C18H20BrN3O2. The van der Waals surface area contributed by atoms with Gasteiger partial charge < -0.3 is 16.0 Å². The van der Waals surface area contributed by atoms with Gasteiger partial charge in [-0.25, -0.2) is 0 Å². The number of hydrogen-bond donors (Lipinski definition) is 3. The van der Waals surface area contributed by atoms with Crippen molar-refractivity contribution < 1.29 is 9.59 Å². The van der Waals surface area contributed by atoms with Gasteiger partial charge in [-0.3, -0.25) is 9.59 Å². The van der Waals surface area contributed by atoms with Crippen LogP contribution >= 0.6 is 15.9 Å². The quantitative estimate of drug-likeness (QED) is 0.676. The molecule has 0 fully saturated rings. The van der Waals surface area contributed by atoms with Crippen LogP contribution in [0.1, 0.15) is 23.7 Å². The molecule has 0 aliphatic rings. The fraction of sp³-hybridized carbons (Fsp3) is 0.222. The molecule has 2 amide bonds. The van der Waals surface area contributed by atoms with Crippen LogP contribution in [0.3, 0.4) is 0 Å². The lowest BCUT2D eigenvalue weighted by Crippen LogP contribution is -2.24. The van der Waals surface area contributed by atoms with Gasteiger partial charge in [-0.05, 0) is 55.0 Å². The lowest BCUT2D eigenvalue weighted by molar-refractivity contribution is -0.114. The van der Waals surface area contributed by atoms with Crippen molar-refractivity contribution in [1.29, 1.82) is 0 Å². The van der Waals surface area contributed by atoms with E-state index in [0.717, 1.165) is 22.3 Å². The number of nitrogens with one attached hydrogen (secondary N) is 3. The third kappa shape index (κ3) is 5.70. The molecule has 0 spiro atoms. The average molecular weight is 390 g/mol. The summed E-state index contributed by atoms with van der Waals surface area (Å²) in [6, 6.07) is 14.4. The molecule has 0 aliphatic carbocycles. The maximum atomic E-state index is 11.9. The zero-order chi connectivity index (χ0) is 17.4. The van der Waals surface area contributed by atoms with Gasteiger partial charge >= 0.3 is 0 Å². The van der Waals surface area contributed by atoms with E-state index in [1.807, 2.05) is 31.2 Å². The molecule has 126 valence electrons. The minimum atomic E-state index is -0.137. The second kappa shape index (κ2) is 9.08. The van der Waals surface area contributed by atoms with Crippen LogP contribution in [0.5, 0.6) is 0 Å². The van der Waals surface area contributed by atoms with Crippen LogP contribution in [-0.4, -0.2) is 24.9 Å². The number of benzene rings is 2. The molecular weight excluding hydrogens is 370 g/mol. The highest BCUT2D eigenvalue weighted by atomic mass is 79.9. The van der Waals surface area contributed by atoms with E-state index in [-0.39, 0.29) is 18.4 Å². The fourth-order valence-corrected chi connectivity index (χ4v) is 2.27. The van der Waals surface area contributed by atoms with Crippen LogP contribution in [0, 0.1) is 0 Å². The topological polar surface area (TPSA) is 70.2 Å². The summed E-state index contributed by atoms with van der Waals surface area (Å²) in [6.07, 6.45) is 0.902. The van der Waals surface area contributed by atoms with Gasteiger partial charge in [0.15, 0.2) is 0 Å². The van der Waals surface area contributed by atoms with E-state index in [0.29, 0.717) is 12.1 Å². The molecule has 24 heavy (non-hydrogen) atoms. The number of anilines is 2. The first kappa shape index (κ1) is 18.0. The zero-order valence-corrected chi connectivity index (χ0v) is 15.0. The van der Waals surface area contributed by atoms with Gasteiger partial charge in [0.05, 0.1) is 6.54 Å². The van der Waals surface area contributed by atoms with Crippen LogP contribution in [0.15, 0.2) is 53.0 Å². The Balaban J connectivity index is 1.82. The second-order valence-electron chi connectivity index (χ2n) is 5.24. The van der Waals surface area contributed by atoms with Gasteiger partial charge in [0, 0.05) is 28.0 Å². The number of carbonyl (C=O) groups is 2. The molecule has 6 heteroatoms. The molecule has 2 aromatic carbocycles. The van der Waals surface area contributed by atoms with Crippen molar-refractivity contribution in [3.8, 4) is 0 Å². The fourth-order valence-electron chi connectivity index (χ4n) is 2.00. The zero-order valence-electron chi connectivity index (χ0n) is 13.4. The van der Waals surface area contributed by atoms with Crippen molar-refractivity contribution in [2.24, 2.45) is 0 Å². The molecule has 0 heterocycles. The van der Waals surface area contributed by atoms with Crippen LogP contribution in [0.4, 0.5) is 11.4 Å². The van der Waals surface area contributed by atoms with Crippen LogP contribution in [-0.2, 0) is 4.79 Å². The molecule has 0 radical (unpaired) electrons. The number of rotatable bonds is 7. The average Bonchev–Trinajstić information content (AvgIpc) is 2.60. The normalized spacial score (nSPS) is 10.1. The standard InChI is InChI=1S/C18H20BrN3O2/c1-2-11-20-18(24)13-3-7-15(8-4-13)21-12-17(23)22-16-9-5-14(19)6-10-16/h3-10,21H,2,11-12H2,1H3,(H,20,24)(H,22,23). The van der Waals surface area contributed by atoms with Crippen LogP contribution in [0.2, 0.25) is 0 Å². The molecule has 3 N–H and O–H groups in total. The third-order valence-corrected chi connectivity index (χ3v) is 3.79. The summed E-state index contributed by atoms with van der Waals surface area (Å²) < 4.78 is 0.960. The second-order valence-corrected chi connectivity index (χ2v) is 6.16. The van der Waals surface area contributed by atoms with Gasteiger partial charge in [0.25, 0.3) is 5.91 Å². The highest BCUT2D eigenvalue weighted by Gasteiger charge is 2.05. The Morgan fingerprint density at radius 1 is 0.958 bits per heavy atom. The smallest absolute Gasteiger partial charge is 0.251 e.